The van der Waals surface area contributed by atoms with Crippen molar-refractivity contribution in [2.75, 3.05) is 46.8 Å². The summed E-state index contributed by atoms with van der Waals surface area (Å²) in [7, 11) is 9.17. The molecule has 0 radical (unpaired) electrons. The fraction of sp³-hybridized carbons (Fsp3) is 0.429. The lowest BCUT2D eigenvalue weighted by Crippen LogP contribution is -2.43. The molecule has 2 aromatic rings. The number of anilines is 1. The predicted octanol–water partition coefficient (Wildman–Crippen LogP) is 2.92. The van der Waals surface area contributed by atoms with Crippen molar-refractivity contribution in [2.45, 2.75) is 19.5 Å². The fourth-order valence-electron chi connectivity index (χ4n) is 3.54. The van der Waals surface area contributed by atoms with E-state index in [1.807, 2.05) is 38.3 Å². The first-order valence-corrected chi connectivity index (χ1v) is 9.38. The van der Waals surface area contributed by atoms with E-state index in [-0.39, 0.29) is 24.0 Å². The number of fused-ring (bicyclic) bond motifs is 1. The number of hydrogen-bond donors (Lipinski definition) is 1. The number of methoxy groups -OCH3 is 2. The first-order valence-electron chi connectivity index (χ1n) is 9.38. The number of rotatable bonds is 5. The van der Waals surface area contributed by atoms with E-state index in [1.54, 1.807) is 14.2 Å². The summed E-state index contributed by atoms with van der Waals surface area (Å²) in [6, 6.07) is 8.20. The molecule has 8 heteroatoms. The summed E-state index contributed by atoms with van der Waals surface area (Å²) in [5, 5.41) is 3.49. The minimum atomic E-state index is 0. The number of hydrogen-bond acceptors (Lipinski definition) is 5. The normalized spacial score (nSPS) is 13.3. The van der Waals surface area contributed by atoms with Gasteiger partial charge < -0.3 is 24.6 Å². The minimum absolute atomic E-state index is 0. The maximum atomic E-state index is 5.46. The molecule has 0 atom stereocenters. The van der Waals surface area contributed by atoms with Gasteiger partial charge in [-0.25, -0.2) is 4.98 Å². The van der Waals surface area contributed by atoms with Gasteiger partial charge in [0.05, 0.1) is 14.2 Å². The Balaban J connectivity index is 0.00000300. The molecule has 0 fully saturated rings. The van der Waals surface area contributed by atoms with Crippen LogP contribution in [-0.2, 0) is 19.5 Å². The Hall–Kier alpha value is -2.23. The smallest absolute Gasteiger partial charge is 0.194 e. The number of ether oxygens (including phenoxy) is 2. The number of pyridine rings is 1. The highest BCUT2D eigenvalue weighted by Gasteiger charge is 2.22. The van der Waals surface area contributed by atoms with Crippen molar-refractivity contribution < 1.29 is 9.47 Å². The average Bonchev–Trinajstić information content (AvgIpc) is 2.73. The first kappa shape index (κ1) is 23.1. The molecule has 0 aliphatic carbocycles. The van der Waals surface area contributed by atoms with Crippen LogP contribution in [0, 0.1) is 0 Å². The zero-order valence-corrected chi connectivity index (χ0v) is 20.1. The van der Waals surface area contributed by atoms with Gasteiger partial charge in [0.2, 0.25) is 0 Å². The Morgan fingerprint density at radius 2 is 1.90 bits per heavy atom. The third-order valence-corrected chi connectivity index (χ3v) is 4.96. The molecule has 0 saturated heterocycles. The summed E-state index contributed by atoms with van der Waals surface area (Å²) in [5.74, 6) is 3.39. The van der Waals surface area contributed by atoms with E-state index < -0.39 is 0 Å². The second-order valence-electron chi connectivity index (χ2n) is 6.93. The minimum Gasteiger partial charge on any atom is -0.493 e. The molecule has 0 unspecified atom stereocenters. The third-order valence-electron chi connectivity index (χ3n) is 4.96. The summed E-state index contributed by atoms with van der Waals surface area (Å²) < 4.78 is 10.9. The standard InChI is InChI=1S/C21H29N5O2.HI/c1-22-21(24-13-16-7-6-9-23-20(16)25(2)3)26-10-8-15-11-18(27-4)19(28-5)12-17(15)14-26;/h6-7,9,11-12H,8,10,13-14H2,1-5H3,(H,22,24);1H. The predicted molar refractivity (Wildman–Crippen MR) is 128 cm³/mol. The second kappa shape index (κ2) is 10.5. The monoisotopic (exact) mass is 511 g/mol. The molecule has 1 N–H and O–H groups in total. The van der Waals surface area contributed by atoms with Crippen LogP contribution >= 0.6 is 24.0 Å². The van der Waals surface area contributed by atoms with Gasteiger partial charge in [0.1, 0.15) is 5.82 Å². The first-order chi connectivity index (χ1) is 13.6. The lowest BCUT2D eigenvalue weighted by Gasteiger charge is -2.32. The van der Waals surface area contributed by atoms with Gasteiger partial charge in [-0.2, -0.15) is 0 Å². The molecule has 0 spiro atoms. The van der Waals surface area contributed by atoms with Crippen molar-refractivity contribution in [3.8, 4) is 11.5 Å². The van der Waals surface area contributed by atoms with E-state index in [0.29, 0.717) is 6.54 Å². The quantitative estimate of drug-likeness (QED) is 0.379. The molecule has 1 aliphatic heterocycles. The highest BCUT2D eigenvalue weighted by atomic mass is 127. The topological polar surface area (TPSA) is 62.2 Å². The van der Waals surface area contributed by atoms with Crippen molar-refractivity contribution in [2.24, 2.45) is 4.99 Å². The molecule has 0 bridgehead atoms. The Kier molecular flexibility index (Phi) is 8.36. The fourth-order valence-corrected chi connectivity index (χ4v) is 3.54. The van der Waals surface area contributed by atoms with Crippen LogP contribution < -0.4 is 19.7 Å². The van der Waals surface area contributed by atoms with Crippen LogP contribution in [0.4, 0.5) is 5.82 Å². The molecule has 1 aromatic carbocycles. The van der Waals surface area contributed by atoms with Crippen molar-refractivity contribution in [3.05, 3.63) is 47.2 Å². The number of benzene rings is 1. The number of halogens is 1. The molecule has 0 saturated carbocycles. The summed E-state index contributed by atoms with van der Waals surface area (Å²) in [6.45, 7) is 2.35. The van der Waals surface area contributed by atoms with Gasteiger partial charge >= 0.3 is 0 Å². The molecule has 0 amide bonds. The number of nitrogens with zero attached hydrogens (tertiary/aromatic N) is 4. The van der Waals surface area contributed by atoms with Crippen LogP contribution in [0.3, 0.4) is 0 Å². The van der Waals surface area contributed by atoms with Gasteiger partial charge in [0.15, 0.2) is 17.5 Å². The summed E-state index contributed by atoms with van der Waals surface area (Å²) in [6.07, 6.45) is 2.75. The largest absolute Gasteiger partial charge is 0.493 e. The Bertz CT molecular complexity index is 857. The van der Waals surface area contributed by atoms with Crippen LogP contribution in [0.2, 0.25) is 0 Å². The Morgan fingerprint density at radius 3 is 2.52 bits per heavy atom. The van der Waals surface area contributed by atoms with Crippen LogP contribution in [0.15, 0.2) is 35.5 Å². The van der Waals surface area contributed by atoms with Gasteiger partial charge in [0, 0.05) is 52.5 Å². The zero-order chi connectivity index (χ0) is 20.1. The van der Waals surface area contributed by atoms with Gasteiger partial charge in [-0.3, -0.25) is 4.99 Å². The van der Waals surface area contributed by atoms with E-state index in [1.165, 1.54) is 11.1 Å². The van der Waals surface area contributed by atoms with Crippen molar-refractivity contribution in [1.82, 2.24) is 15.2 Å². The van der Waals surface area contributed by atoms with E-state index >= 15 is 0 Å². The highest BCUT2D eigenvalue weighted by Crippen LogP contribution is 2.33. The average molecular weight is 511 g/mol. The SMILES string of the molecule is CN=C(NCc1cccnc1N(C)C)N1CCc2cc(OC)c(OC)cc2C1.I. The lowest BCUT2D eigenvalue weighted by molar-refractivity contribution is 0.346. The van der Waals surface area contributed by atoms with E-state index in [0.717, 1.165) is 48.4 Å². The lowest BCUT2D eigenvalue weighted by atomic mass is 9.99. The molecule has 1 aromatic heterocycles. The molecule has 2 heterocycles. The molecule has 1 aliphatic rings. The molecular formula is C21H30IN5O2. The highest BCUT2D eigenvalue weighted by molar-refractivity contribution is 14.0. The van der Waals surface area contributed by atoms with Crippen LogP contribution in [0.5, 0.6) is 11.5 Å². The maximum absolute atomic E-state index is 5.46. The van der Waals surface area contributed by atoms with Gasteiger partial charge in [-0.1, -0.05) is 6.07 Å². The summed E-state index contributed by atoms with van der Waals surface area (Å²) >= 11 is 0. The van der Waals surface area contributed by atoms with Crippen LogP contribution in [-0.4, -0.2) is 57.8 Å². The zero-order valence-electron chi connectivity index (χ0n) is 17.7. The number of guanidine groups is 1. The maximum Gasteiger partial charge on any atom is 0.194 e. The molecule has 29 heavy (non-hydrogen) atoms. The van der Waals surface area contributed by atoms with E-state index in [4.69, 9.17) is 9.47 Å². The number of aliphatic imine (C=N–C) groups is 1. The number of nitrogens with one attached hydrogen (secondary N) is 1. The van der Waals surface area contributed by atoms with Crippen molar-refractivity contribution in [3.63, 3.8) is 0 Å². The van der Waals surface area contributed by atoms with Gasteiger partial charge in [-0.05, 0) is 35.7 Å². The summed E-state index contributed by atoms with van der Waals surface area (Å²) in [5.41, 5.74) is 3.67. The van der Waals surface area contributed by atoms with E-state index in [9.17, 15) is 0 Å². The van der Waals surface area contributed by atoms with Crippen molar-refractivity contribution >= 4 is 35.8 Å². The third kappa shape index (κ3) is 5.23. The molecule has 158 valence electrons. The molecule has 7 nitrogen and oxygen atoms in total. The van der Waals surface area contributed by atoms with Crippen LogP contribution in [0.1, 0.15) is 16.7 Å². The van der Waals surface area contributed by atoms with Crippen LogP contribution in [0.25, 0.3) is 0 Å². The van der Waals surface area contributed by atoms with Crippen molar-refractivity contribution in [1.29, 1.82) is 0 Å². The van der Waals surface area contributed by atoms with Gasteiger partial charge in [-0.15, -0.1) is 24.0 Å². The molecular weight excluding hydrogens is 481 g/mol. The summed E-state index contributed by atoms with van der Waals surface area (Å²) in [4.78, 5) is 13.2. The molecule has 3 rings (SSSR count). The van der Waals surface area contributed by atoms with Gasteiger partial charge in [0.25, 0.3) is 0 Å². The Morgan fingerprint density at radius 1 is 1.21 bits per heavy atom. The second-order valence-corrected chi connectivity index (χ2v) is 6.93. The van der Waals surface area contributed by atoms with E-state index in [2.05, 4.69) is 38.4 Å². The Labute approximate surface area is 190 Å². The number of aromatic nitrogens is 1.